The Kier molecular flexibility index (Phi) is 9.05. The molecular formula is C35H44N6O7S. The van der Waals surface area contributed by atoms with Crippen LogP contribution >= 0.6 is 0 Å². The number of fused-ring (bicyclic) bond motifs is 1. The lowest BCUT2D eigenvalue weighted by atomic mass is 9.85. The van der Waals surface area contributed by atoms with Crippen molar-refractivity contribution < 1.29 is 32.4 Å². The Morgan fingerprint density at radius 3 is 2.41 bits per heavy atom. The zero-order valence-corrected chi connectivity index (χ0v) is 28.8. The summed E-state index contributed by atoms with van der Waals surface area (Å²) in [6.07, 6.45) is 4.81. The van der Waals surface area contributed by atoms with Crippen LogP contribution < -0.4 is 20.7 Å². The Balaban J connectivity index is 1.24. The van der Waals surface area contributed by atoms with Crippen molar-refractivity contribution in [1.29, 1.82) is 0 Å². The molecule has 1 saturated heterocycles. The number of rotatable bonds is 12. The van der Waals surface area contributed by atoms with Gasteiger partial charge < -0.3 is 20.9 Å². The zero-order valence-electron chi connectivity index (χ0n) is 28.0. The number of aromatic nitrogens is 1. The Morgan fingerprint density at radius 2 is 1.78 bits per heavy atom. The van der Waals surface area contributed by atoms with Crippen molar-refractivity contribution in [3.05, 3.63) is 54.7 Å². The molecule has 1 aliphatic heterocycles. The summed E-state index contributed by atoms with van der Waals surface area (Å²) in [7, 11) is -3.89. The topological polar surface area (TPSA) is 184 Å². The van der Waals surface area contributed by atoms with Crippen LogP contribution in [-0.4, -0.2) is 83.3 Å². The fourth-order valence-corrected chi connectivity index (χ4v) is 7.89. The number of sulfonamides is 1. The highest BCUT2D eigenvalue weighted by molar-refractivity contribution is 7.91. The van der Waals surface area contributed by atoms with E-state index in [1.54, 1.807) is 18.2 Å². The van der Waals surface area contributed by atoms with E-state index in [1.165, 1.54) is 11.0 Å². The molecule has 4 N–H and O–H groups in total. The van der Waals surface area contributed by atoms with Gasteiger partial charge in [0.2, 0.25) is 27.7 Å². The fourth-order valence-electron chi connectivity index (χ4n) is 6.52. The van der Waals surface area contributed by atoms with Gasteiger partial charge in [-0.2, -0.15) is 0 Å². The molecule has 0 bridgehead atoms. The molecule has 3 aliphatic carbocycles. The molecule has 6 rings (SSSR count). The highest BCUT2D eigenvalue weighted by atomic mass is 32.2. The average molecular weight is 693 g/mol. The Bertz CT molecular complexity index is 1820. The minimum Gasteiger partial charge on any atom is -0.346 e. The van der Waals surface area contributed by atoms with Crippen LogP contribution in [0.15, 0.2) is 49.1 Å². The Morgan fingerprint density at radius 1 is 1.06 bits per heavy atom. The number of nitrogens with zero attached hydrogens (tertiary/aromatic N) is 2. The second kappa shape index (κ2) is 12.8. The second-order valence-electron chi connectivity index (χ2n) is 15.0. The van der Waals surface area contributed by atoms with Crippen LogP contribution in [0.5, 0.6) is 0 Å². The first kappa shape index (κ1) is 34.5. The maximum atomic E-state index is 14.3. The van der Waals surface area contributed by atoms with Crippen LogP contribution in [0.4, 0.5) is 0 Å². The standard InChI is InChI=1S/C35H44N6O7S/c1-5-22-18-35(22,33(46)40-49(47,48)24-13-14-24)39-31(44)27-17-23(36-30(43)26-15-12-21-8-6-7-9-25(21)37-26)19-41(27)32(45)29(34(2,3)4)38-28(42)16-20-10-11-20/h5-9,12,15,20,22-24,27,29H,1,10-11,13-14,16-19H2,2-4H3,(H,36,43)(H,38,42)(H,39,44)(H,40,46)/t22?,23-,27+,29-,35?/m1/s1. The number of amides is 5. The first-order valence-corrected chi connectivity index (χ1v) is 18.4. The summed E-state index contributed by atoms with van der Waals surface area (Å²) in [4.78, 5) is 73.9. The van der Waals surface area contributed by atoms with Crippen molar-refractivity contribution in [2.75, 3.05) is 6.54 Å². The molecule has 49 heavy (non-hydrogen) atoms. The van der Waals surface area contributed by atoms with Crippen LogP contribution in [-0.2, 0) is 29.2 Å². The molecule has 13 nitrogen and oxygen atoms in total. The lowest BCUT2D eigenvalue weighted by molar-refractivity contribution is -0.144. The summed E-state index contributed by atoms with van der Waals surface area (Å²) in [5, 5.41) is 8.80. The number of carbonyl (C=O) groups excluding carboxylic acids is 5. The highest BCUT2D eigenvalue weighted by Crippen LogP contribution is 2.45. The molecule has 0 radical (unpaired) electrons. The van der Waals surface area contributed by atoms with Gasteiger partial charge >= 0.3 is 0 Å². The van der Waals surface area contributed by atoms with Gasteiger partial charge in [-0.3, -0.25) is 28.7 Å². The monoisotopic (exact) mass is 692 g/mol. The molecule has 4 aliphatic rings. The summed E-state index contributed by atoms with van der Waals surface area (Å²) in [5.74, 6) is -2.97. The van der Waals surface area contributed by atoms with E-state index in [4.69, 9.17) is 0 Å². The maximum absolute atomic E-state index is 14.3. The first-order chi connectivity index (χ1) is 23.1. The van der Waals surface area contributed by atoms with Crippen molar-refractivity contribution in [3.63, 3.8) is 0 Å². The second-order valence-corrected chi connectivity index (χ2v) is 17.0. The van der Waals surface area contributed by atoms with E-state index in [9.17, 15) is 32.4 Å². The molecule has 14 heteroatoms. The molecule has 2 aromatic rings. The molecule has 1 aromatic heterocycles. The minimum absolute atomic E-state index is 0.0145. The van der Waals surface area contributed by atoms with Gasteiger partial charge in [0, 0.05) is 30.3 Å². The zero-order chi connectivity index (χ0) is 35.3. The number of nitrogens with one attached hydrogen (secondary N) is 4. The largest absolute Gasteiger partial charge is 0.346 e. The SMILES string of the molecule is C=CC1CC1(NC(=O)[C@@H]1C[C@@H](NC(=O)c2ccc3ccccc3n2)CN1C(=O)[C@@H](NC(=O)CC1CC1)C(C)(C)C)C(=O)NS(=O)(=O)C1CC1. The summed E-state index contributed by atoms with van der Waals surface area (Å²) in [6.45, 7) is 9.17. The van der Waals surface area contributed by atoms with E-state index in [0.717, 1.165) is 18.2 Å². The summed E-state index contributed by atoms with van der Waals surface area (Å²) in [6, 6.07) is 7.98. The van der Waals surface area contributed by atoms with E-state index < -0.39 is 73.9 Å². The van der Waals surface area contributed by atoms with E-state index in [1.807, 2.05) is 39.0 Å². The third kappa shape index (κ3) is 7.48. The summed E-state index contributed by atoms with van der Waals surface area (Å²) < 4.78 is 27.4. The van der Waals surface area contributed by atoms with E-state index in [2.05, 4.69) is 32.2 Å². The van der Waals surface area contributed by atoms with Crippen molar-refractivity contribution in [2.45, 2.75) is 94.6 Å². The molecule has 5 atom stereocenters. The molecule has 0 spiro atoms. The van der Waals surface area contributed by atoms with Crippen molar-refractivity contribution >= 4 is 50.5 Å². The highest BCUT2D eigenvalue weighted by Gasteiger charge is 2.62. The van der Waals surface area contributed by atoms with Gasteiger partial charge in [-0.05, 0) is 62.0 Å². The van der Waals surface area contributed by atoms with Crippen LogP contribution in [0.25, 0.3) is 10.9 Å². The number of benzene rings is 1. The molecule has 3 saturated carbocycles. The minimum atomic E-state index is -3.89. The smallest absolute Gasteiger partial charge is 0.270 e. The molecule has 262 valence electrons. The first-order valence-electron chi connectivity index (χ1n) is 16.9. The molecule has 5 amide bonds. The van der Waals surface area contributed by atoms with Gasteiger partial charge in [0.1, 0.15) is 23.3 Å². The van der Waals surface area contributed by atoms with Crippen LogP contribution in [0.2, 0.25) is 0 Å². The number of hydrogen-bond donors (Lipinski definition) is 4. The van der Waals surface area contributed by atoms with Crippen molar-refractivity contribution in [2.24, 2.45) is 17.3 Å². The quantitative estimate of drug-likeness (QED) is 0.243. The number of para-hydroxylation sites is 1. The van der Waals surface area contributed by atoms with Gasteiger partial charge in [0.25, 0.3) is 11.8 Å². The van der Waals surface area contributed by atoms with Gasteiger partial charge in [-0.25, -0.2) is 13.4 Å². The predicted molar refractivity (Wildman–Crippen MR) is 181 cm³/mol. The number of carbonyl (C=O) groups is 5. The van der Waals surface area contributed by atoms with Crippen molar-refractivity contribution in [1.82, 2.24) is 30.6 Å². The van der Waals surface area contributed by atoms with Crippen LogP contribution in [0.1, 0.15) is 76.2 Å². The van der Waals surface area contributed by atoms with Gasteiger partial charge in [0.15, 0.2) is 0 Å². The third-order valence-corrected chi connectivity index (χ3v) is 11.7. The third-order valence-electron chi connectivity index (χ3n) is 9.89. The Labute approximate surface area is 286 Å². The average Bonchev–Trinajstić information content (AvgIpc) is 3.94. The number of hydrogen-bond acceptors (Lipinski definition) is 8. The van der Waals surface area contributed by atoms with Gasteiger partial charge in [-0.15, -0.1) is 6.58 Å². The number of pyridine rings is 1. The van der Waals surface area contributed by atoms with Gasteiger partial charge in [0.05, 0.1) is 10.8 Å². The fraction of sp³-hybridized carbons (Fsp3) is 0.543. The van der Waals surface area contributed by atoms with Crippen LogP contribution in [0.3, 0.4) is 0 Å². The van der Waals surface area contributed by atoms with Crippen LogP contribution in [0, 0.1) is 17.3 Å². The Hall–Kier alpha value is -4.33. The molecule has 4 fully saturated rings. The molecule has 2 unspecified atom stereocenters. The molecule has 2 heterocycles. The summed E-state index contributed by atoms with van der Waals surface area (Å²) in [5.41, 5.74) is -1.47. The lowest BCUT2D eigenvalue weighted by Gasteiger charge is -2.35. The normalized spacial score (nSPS) is 25.6. The van der Waals surface area contributed by atoms with E-state index >= 15 is 0 Å². The van der Waals surface area contributed by atoms with E-state index in [-0.39, 0.29) is 31.0 Å². The predicted octanol–water partition coefficient (Wildman–Crippen LogP) is 1.93. The van der Waals surface area contributed by atoms with E-state index in [0.29, 0.717) is 30.7 Å². The molecule has 1 aromatic carbocycles. The van der Waals surface area contributed by atoms with Crippen molar-refractivity contribution in [3.8, 4) is 0 Å². The lowest BCUT2D eigenvalue weighted by Crippen LogP contribution is -2.60. The number of likely N-dealkylation sites (tertiary alicyclic amines) is 1. The van der Waals surface area contributed by atoms with Gasteiger partial charge in [-0.1, -0.05) is 51.1 Å². The maximum Gasteiger partial charge on any atom is 0.270 e. The summed E-state index contributed by atoms with van der Waals surface area (Å²) >= 11 is 0. The molecular weight excluding hydrogens is 648 g/mol.